The van der Waals surface area contributed by atoms with Crippen LogP contribution in [0.25, 0.3) is 10.6 Å². The summed E-state index contributed by atoms with van der Waals surface area (Å²) in [6.45, 7) is 0. The Labute approximate surface area is 137 Å². The highest BCUT2D eigenvalue weighted by Crippen LogP contribution is 2.34. The molecular weight excluding hydrogens is 316 g/mol. The number of carboxylic acid groups (broad SMARTS) is 1. The number of hydrogen-bond donors (Lipinski definition) is 1. The van der Waals surface area contributed by atoms with Crippen molar-refractivity contribution >= 4 is 23.2 Å². The summed E-state index contributed by atoms with van der Waals surface area (Å²) in [6.07, 6.45) is 6.75. The second kappa shape index (κ2) is 6.16. The van der Waals surface area contributed by atoms with Crippen molar-refractivity contribution in [3.05, 3.63) is 29.7 Å². The van der Waals surface area contributed by atoms with Gasteiger partial charge in [0.15, 0.2) is 0 Å². The number of nitrogens with zero attached hydrogens (tertiary/aromatic N) is 2. The number of aromatic nitrogens is 1. The molecule has 0 atom stereocenters. The zero-order chi connectivity index (χ0) is 16.4. The van der Waals surface area contributed by atoms with E-state index in [4.69, 9.17) is 4.42 Å². The van der Waals surface area contributed by atoms with Crippen molar-refractivity contribution in [1.29, 1.82) is 0 Å². The van der Waals surface area contributed by atoms with Gasteiger partial charge in [-0.3, -0.25) is 4.79 Å². The maximum atomic E-state index is 12.7. The van der Waals surface area contributed by atoms with Gasteiger partial charge in [-0.2, -0.15) is 0 Å². The van der Waals surface area contributed by atoms with Crippen LogP contribution in [0.2, 0.25) is 0 Å². The van der Waals surface area contributed by atoms with Gasteiger partial charge in [-0.05, 0) is 18.9 Å². The van der Waals surface area contributed by atoms with Crippen molar-refractivity contribution in [3.63, 3.8) is 0 Å². The smallest absolute Gasteiger partial charge is 0.329 e. The molecule has 0 unspecified atom stereocenters. The fourth-order valence-corrected chi connectivity index (χ4v) is 3.87. The van der Waals surface area contributed by atoms with E-state index in [9.17, 15) is 14.7 Å². The van der Waals surface area contributed by atoms with Crippen LogP contribution in [-0.2, 0) is 4.79 Å². The van der Waals surface area contributed by atoms with E-state index in [1.54, 1.807) is 31.0 Å². The SMILES string of the molecule is CN(C(=O)c1csc(-c2ccoc2)n1)C1(C(=O)O)CCCCC1. The number of likely N-dealkylation sites (N-methyl/N-ethyl adjacent to an activating group) is 1. The summed E-state index contributed by atoms with van der Waals surface area (Å²) >= 11 is 1.34. The molecule has 2 heterocycles. The highest BCUT2D eigenvalue weighted by molar-refractivity contribution is 7.13. The van der Waals surface area contributed by atoms with E-state index in [2.05, 4.69) is 4.98 Å². The Morgan fingerprint density at radius 2 is 2.09 bits per heavy atom. The minimum atomic E-state index is -1.12. The molecule has 1 aliphatic carbocycles. The van der Waals surface area contributed by atoms with E-state index >= 15 is 0 Å². The van der Waals surface area contributed by atoms with Gasteiger partial charge in [0.1, 0.15) is 22.5 Å². The molecule has 6 nitrogen and oxygen atoms in total. The standard InChI is InChI=1S/C16H18N2O4S/c1-18(16(15(20)21)6-3-2-4-7-16)14(19)12-10-23-13(17-12)11-5-8-22-9-11/h5,8-10H,2-4,6-7H2,1H3,(H,20,21). The number of carbonyl (C=O) groups excluding carboxylic acids is 1. The van der Waals surface area contributed by atoms with Crippen LogP contribution in [0.1, 0.15) is 42.6 Å². The van der Waals surface area contributed by atoms with Crippen molar-refractivity contribution in [2.45, 2.75) is 37.6 Å². The van der Waals surface area contributed by atoms with Crippen LogP contribution in [0.4, 0.5) is 0 Å². The summed E-state index contributed by atoms with van der Waals surface area (Å²) in [5.74, 6) is -1.28. The van der Waals surface area contributed by atoms with Crippen LogP contribution in [0, 0.1) is 0 Å². The van der Waals surface area contributed by atoms with Crippen LogP contribution in [0.3, 0.4) is 0 Å². The van der Waals surface area contributed by atoms with Crippen molar-refractivity contribution in [2.75, 3.05) is 7.05 Å². The molecule has 122 valence electrons. The molecule has 3 rings (SSSR count). The highest BCUT2D eigenvalue weighted by Gasteiger charge is 2.46. The lowest BCUT2D eigenvalue weighted by Crippen LogP contribution is -2.56. The molecule has 0 saturated heterocycles. The fourth-order valence-electron chi connectivity index (χ4n) is 3.09. The first-order chi connectivity index (χ1) is 11.0. The molecule has 2 aromatic heterocycles. The van der Waals surface area contributed by atoms with E-state index in [1.165, 1.54) is 16.2 Å². The van der Waals surface area contributed by atoms with Crippen LogP contribution in [0.15, 0.2) is 28.4 Å². The number of carbonyl (C=O) groups is 2. The number of carboxylic acids is 1. The minimum absolute atomic E-state index is 0.278. The zero-order valence-electron chi connectivity index (χ0n) is 12.8. The molecule has 0 spiro atoms. The summed E-state index contributed by atoms with van der Waals surface area (Å²) in [4.78, 5) is 30.2. The van der Waals surface area contributed by atoms with E-state index < -0.39 is 11.5 Å². The quantitative estimate of drug-likeness (QED) is 0.928. The van der Waals surface area contributed by atoms with Crippen LogP contribution in [-0.4, -0.2) is 39.5 Å². The Balaban J connectivity index is 1.85. The van der Waals surface area contributed by atoms with Gasteiger partial charge in [0.25, 0.3) is 5.91 Å². The van der Waals surface area contributed by atoms with E-state index in [0.717, 1.165) is 24.8 Å². The Morgan fingerprint density at radius 1 is 1.35 bits per heavy atom. The number of amides is 1. The predicted molar refractivity (Wildman–Crippen MR) is 85.4 cm³/mol. The molecule has 1 saturated carbocycles. The molecule has 1 N–H and O–H groups in total. The molecule has 0 radical (unpaired) electrons. The van der Waals surface area contributed by atoms with Crippen molar-refractivity contribution in [1.82, 2.24) is 9.88 Å². The number of aliphatic carboxylic acids is 1. The lowest BCUT2D eigenvalue weighted by atomic mass is 9.80. The molecule has 1 amide bonds. The molecule has 0 aliphatic heterocycles. The van der Waals surface area contributed by atoms with Gasteiger partial charge in [-0.15, -0.1) is 11.3 Å². The summed E-state index contributed by atoms with van der Waals surface area (Å²) in [6, 6.07) is 1.77. The van der Waals surface area contributed by atoms with Crippen LogP contribution in [0.5, 0.6) is 0 Å². The maximum Gasteiger partial charge on any atom is 0.329 e. The lowest BCUT2D eigenvalue weighted by molar-refractivity contribution is -0.151. The average molecular weight is 334 g/mol. The van der Waals surface area contributed by atoms with Crippen LogP contribution < -0.4 is 0 Å². The average Bonchev–Trinajstić information content (AvgIpc) is 3.24. The zero-order valence-corrected chi connectivity index (χ0v) is 13.6. The first-order valence-electron chi connectivity index (χ1n) is 7.54. The van der Waals surface area contributed by atoms with Crippen molar-refractivity contribution in [2.24, 2.45) is 0 Å². The molecule has 2 aromatic rings. The largest absolute Gasteiger partial charge is 0.479 e. The first-order valence-corrected chi connectivity index (χ1v) is 8.42. The predicted octanol–water partition coefficient (Wildman–Crippen LogP) is 3.26. The topological polar surface area (TPSA) is 83.6 Å². The van der Waals surface area contributed by atoms with Gasteiger partial charge < -0.3 is 14.4 Å². The van der Waals surface area contributed by atoms with E-state index in [0.29, 0.717) is 17.8 Å². The first kappa shape index (κ1) is 15.7. The van der Waals surface area contributed by atoms with Crippen LogP contribution >= 0.6 is 11.3 Å². The molecule has 7 heteroatoms. The van der Waals surface area contributed by atoms with Crippen molar-refractivity contribution in [3.8, 4) is 10.6 Å². The molecule has 0 aromatic carbocycles. The molecule has 1 aliphatic rings. The third-order valence-corrected chi connectivity index (χ3v) is 5.41. The molecule has 0 bridgehead atoms. The normalized spacial score (nSPS) is 16.9. The summed E-state index contributed by atoms with van der Waals surface area (Å²) < 4.78 is 5.02. The van der Waals surface area contributed by atoms with Gasteiger partial charge in [0.2, 0.25) is 0 Å². The number of thiazole rings is 1. The lowest BCUT2D eigenvalue weighted by Gasteiger charge is -2.40. The Kier molecular flexibility index (Phi) is 4.21. The third kappa shape index (κ3) is 2.76. The summed E-state index contributed by atoms with van der Waals surface area (Å²) in [5.41, 5.74) is -0.0309. The van der Waals surface area contributed by atoms with Gasteiger partial charge in [0, 0.05) is 18.0 Å². The van der Waals surface area contributed by atoms with Crippen molar-refractivity contribution < 1.29 is 19.1 Å². The minimum Gasteiger partial charge on any atom is -0.479 e. The Morgan fingerprint density at radius 3 is 2.70 bits per heavy atom. The molecule has 23 heavy (non-hydrogen) atoms. The summed E-state index contributed by atoms with van der Waals surface area (Å²) in [7, 11) is 1.57. The monoisotopic (exact) mass is 334 g/mol. The molecular formula is C16H18N2O4S. The van der Waals surface area contributed by atoms with Gasteiger partial charge in [-0.25, -0.2) is 9.78 Å². The third-order valence-electron chi connectivity index (χ3n) is 4.52. The van der Waals surface area contributed by atoms with Gasteiger partial charge >= 0.3 is 5.97 Å². The highest BCUT2D eigenvalue weighted by atomic mass is 32.1. The number of hydrogen-bond acceptors (Lipinski definition) is 5. The Hall–Kier alpha value is -2.15. The number of rotatable bonds is 4. The maximum absolute atomic E-state index is 12.7. The Bertz CT molecular complexity index is 701. The fraction of sp³-hybridized carbons (Fsp3) is 0.438. The van der Waals surface area contributed by atoms with Gasteiger partial charge in [-0.1, -0.05) is 19.3 Å². The second-order valence-corrected chi connectivity index (χ2v) is 6.67. The summed E-state index contributed by atoms with van der Waals surface area (Å²) in [5, 5.41) is 12.0. The van der Waals surface area contributed by atoms with Gasteiger partial charge in [0.05, 0.1) is 6.26 Å². The van der Waals surface area contributed by atoms with E-state index in [1.807, 2.05) is 0 Å². The number of furan rings is 1. The van der Waals surface area contributed by atoms with E-state index in [-0.39, 0.29) is 11.6 Å². The molecule has 1 fully saturated rings. The second-order valence-electron chi connectivity index (χ2n) is 5.81.